The van der Waals surface area contributed by atoms with Gasteiger partial charge in [-0.1, -0.05) is 12.1 Å². The molecule has 0 bridgehead atoms. The fourth-order valence-corrected chi connectivity index (χ4v) is 4.46. The monoisotopic (exact) mass is 430 g/mol. The van der Waals surface area contributed by atoms with Gasteiger partial charge in [-0.15, -0.1) is 0 Å². The van der Waals surface area contributed by atoms with Gasteiger partial charge in [-0.2, -0.15) is 18.3 Å². The first-order valence-electron chi connectivity index (χ1n) is 10.5. The zero-order valence-electron chi connectivity index (χ0n) is 17.0. The average molecular weight is 430 g/mol. The fourth-order valence-electron chi connectivity index (χ4n) is 4.46. The molecule has 0 spiro atoms. The number of benzene rings is 1. The molecule has 164 valence electrons. The van der Waals surface area contributed by atoms with E-state index in [9.17, 15) is 13.2 Å². The molecule has 3 N–H and O–H groups in total. The minimum absolute atomic E-state index is 0.262. The molecule has 9 heteroatoms. The number of aromatic nitrogens is 3. The van der Waals surface area contributed by atoms with E-state index in [1.165, 1.54) is 18.5 Å². The maximum Gasteiger partial charge on any atom is 0.416 e. The van der Waals surface area contributed by atoms with Gasteiger partial charge in [0.15, 0.2) is 0 Å². The number of halogens is 3. The van der Waals surface area contributed by atoms with Gasteiger partial charge >= 0.3 is 6.18 Å². The van der Waals surface area contributed by atoms with Gasteiger partial charge in [0.25, 0.3) is 0 Å². The van der Waals surface area contributed by atoms with Crippen LogP contribution in [0.2, 0.25) is 0 Å². The van der Waals surface area contributed by atoms with Crippen LogP contribution in [0.5, 0.6) is 0 Å². The Bertz CT molecular complexity index is 1010. The molecule has 0 amide bonds. The molecule has 1 aromatic carbocycles. The number of aromatic amines is 1. The van der Waals surface area contributed by atoms with Crippen LogP contribution in [0.4, 0.5) is 13.2 Å². The van der Waals surface area contributed by atoms with Crippen molar-refractivity contribution in [1.82, 2.24) is 20.3 Å². The van der Waals surface area contributed by atoms with Gasteiger partial charge in [-0.3, -0.25) is 0 Å². The van der Waals surface area contributed by atoms with E-state index in [1.54, 1.807) is 0 Å². The predicted octanol–water partition coefficient (Wildman–Crippen LogP) is 5.64. The molecule has 1 fully saturated rings. The number of rotatable bonds is 7. The van der Waals surface area contributed by atoms with Gasteiger partial charge in [0.05, 0.1) is 11.3 Å². The molecule has 2 heterocycles. The normalized spacial score (nSPS) is 20.6. The van der Waals surface area contributed by atoms with Crippen molar-refractivity contribution in [3.05, 3.63) is 59.7 Å². The summed E-state index contributed by atoms with van der Waals surface area (Å²) in [4.78, 5) is 11.7. The van der Waals surface area contributed by atoms with Crippen LogP contribution < -0.4 is 5.32 Å². The zero-order chi connectivity index (χ0) is 21.8. The fraction of sp³-hybridized carbons (Fsp3) is 0.455. The molecule has 6 nitrogen and oxygen atoms in total. The molecule has 4 rings (SSSR count). The predicted molar refractivity (Wildman–Crippen MR) is 110 cm³/mol. The number of H-pyrrole nitrogens is 1. The number of alkyl halides is 3. The first-order chi connectivity index (χ1) is 15.0. The van der Waals surface area contributed by atoms with Crippen LogP contribution in [0, 0.1) is 17.4 Å². The number of nitrogens with one attached hydrogen (secondary N) is 3. The van der Waals surface area contributed by atoms with Gasteiger partial charge in [-0.05, 0) is 67.8 Å². The Morgan fingerprint density at radius 3 is 2.52 bits per heavy atom. The quantitative estimate of drug-likeness (QED) is 0.424. The highest BCUT2D eigenvalue weighted by atomic mass is 19.4. The Balaban J connectivity index is 1.27. The van der Waals surface area contributed by atoms with Crippen molar-refractivity contribution in [2.24, 2.45) is 17.0 Å². The Kier molecular flexibility index (Phi) is 6.31. The summed E-state index contributed by atoms with van der Waals surface area (Å²) in [5, 5.41) is 8.21. The molecule has 0 saturated heterocycles. The Morgan fingerprint density at radius 2 is 1.84 bits per heavy atom. The van der Waals surface area contributed by atoms with E-state index < -0.39 is 11.7 Å². The second kappa shape index (κ2) is 9.13. The number of hydrogen-bond donors (Lipinski definition) is 3. The Labute approximate surface area is 178 Å². The molecule has 0 aliphatic heterocycles. The molecule has 1 atom stereocenters. The second-order valence-electron chi connectivity index (χ2n) is 8.18. The van der Waals surface area contributed by atoms with Gasteiger partial charge in [-0.25, -0.2) is 15.5 Å². The SMILES string of the molecule is N=NC(c1ncnc2[nH]ccc12)C1CCC(CNCc2ccc(C(F)(F)F)cc2)CC1. The largest absolute Gasteiger partial charge is 0.416 e. The van der Waals surface area contributed by atoms with E-state index in [1.807, 2.05) is 12.3 Å². The molecular formula is C22H25F3N6. The van der Waals surface area contributed by atoms with Gasteiger partial charge in [0, 0.05) is 18.1 Å². The lowest BCUT2D eigenvalue weighted by Crippen LogP contribution is -2.28. The van der Waals surface area contributed by atoms with E-state index in [0.29, 0.717) is 12.5 Å². The lowest BCUT2D eigenvalue weighted by Gasteiger charge is -2.31. The molecular weight excluding hydrogens is 405 g/mol. The molecule has 3 aromatic rings. The van der Waals surface area contributed by atoms with Crippen LogP contribution in [0.1, 0.15) is 48.5 Å². The number of nitrogens with zero attached hydrogens (tertiary/aromatic N) is 3. The van der Waals surface area contributed by atoms with Crippen LogP contribution in [0.15, 0.2) is 48.0 Å². The van der Waals surface area contributed by atoms with E-state index in [0.717, 1.165) is 66.7 Å². The Hall–Kier alpha value is -2.81. The van der Waals surface area contributed by atoms with Crippen LogP contribution in [0.3, 0.4) is 0 Å². The molecule has 1 aliphatic carbocycles. The van der Waals surface area contributed by atoms with Gasteiger partial charge in [0.2, 0.25) is 0 Å². The third-order valence-corrected chi connectivity index (χ3v) is 6.19. The van der Waals surface area contributed by atoms with Crippen molar-refractivity contribution in [2.45, 2.75) is 44.4 Å². The average Bonchev–Trinajstić information content (AvgIpc) is 3.25. The highest BCUT2D eigenvalue weighted by Gasteiger charge is 2.31. The minimum Gasteiger partial charge on any atom is -0.346 e. The molecule has 1 unspecified atom stereocenters. The van der Waals surface area contributed by atoms with Crippen molar-refractivity contribution in [2.75, 3.05) is 6.54 Å². The Morgan fingerprint density at radius 1 is 1.10 bits per heavy atom. The summed E-state index contributed by atoms with van der Waals surface area (Å²) in [7, 11) is 0. The van der Waals surface area contributed by atoms with Crippen molar-refractivity contribution in [1.29, 1.82) is 5.53 Å². The summed E-state index contributed by atoms with van der Waals surface area (Å²) in [6.07, 6.45) is 3.03. The summed E-state index contributed by atoms with van der Waals surface area (Å²) in [5.41, 5.74) is 9.54. The summed E-state index contributed by atoms with van der Waals surface area (Å²) < 4.78 is 38.0. The first-order valence-corrected chi connectivity index (χ1v) is 10.5. The highest BCUT2D eigenvalue weighted by Crippen LogP contribution is 2.39. The van der Waals surface area contributed by atoms with Crippen LogP contribution in [0.25, 0.3) is 11.0 Å². The van der Waals surface area contributed by atoms with Crippen molar-refractivity contribution in [3.8, 4) is 0 Å². The maximum atomic E-state index is 12.7. The lowest BCUT2D eigenvalue weighted by atomic mass is 9.77. The summed E-state index contributed by atoms with van der Waals surface area (Å²) >= 11 is 0. The number of hydrogen-bond acceptors (Lipinski definition) is 5. The van der Waals surface area contributed by atoms with Crippen LogP contribution >= 0.6 is 0 Å². The lowest BCUT2D eigenvalue weighted by molar-refractivity contribution is -0.137. The summed E-state index contributed by atoms with van der Waals surface area (Å²) in [5.74, 6) is 0.784. The smallest absolute Gasteiger partial charge is 0.346 e. The zero-order valence-corrected chi connectivity index (χ0v) is 17.0. The third-order valence-electron chi connectivity index (χ3n) is 6.19. The first kappa shape index (κ1) is 21.4. The van der Waals surface area contributed by atoms with Crippen molar-refractivity contribution in [3.63, 3.8) is 0 Å². The van der Waals surface area contributed by atoms with Gasteiger partial charge in [0.1, 0.15) is 18.0 Å². The molecule has 2 aromatic heterocycles. The van der Waals surface area contributed by atoms with Crippen LogP contribution in [-0.4, -0.2) is 21.5 Å². The molecule has 31 heavy (non-hydrogen) atoms. The maximum absolute atomic E-state index is 12.7. The molecule has 0 radical (unpaired) electrons. The van der Waals surface area contributed by atoms with E-state index in [2.05, 4.69) is 25.4 Å². The highest BCUT2D eigenvalue weighted by molar-refractivity contribution is 5.78. The topological polar surface area (TPSA) is 89.8 Å². The molecule has 1 saturated carbocycles. The second-order valence-corrected chi connectivity index (χ2v) is 8.18. The standard InChI is InChI=1S/C22H25F3N6/c23-22(24,25)17-7-3-15(4-8-17)12-27-11-14-1-5-16(6-2-14)19(31-26)20-18-9-10-28-21(18)30-13-29-20/h3-4,7-10,13-14,16,19,26-27H,1-2,5-6,11-12H2,(H,28,29,30). The summed E-state index contributed by atoms with van der Waals surface area (Å²) in [6.45, 7) is 1.38. The van der Waals surface area contributed by atoms with E-state index in [4.69, 9.17) is 5.53 Å². The summed E-state index contributed by atoms with van der Waals surface area (Å²) in [6, 6.07) is 6.97. The molecule has 1 aliphatic rings. The third kappa shape index (κ3) is 4.92. The van der Waals surface area contributed by atoms with E-state index >= 15 is 0 Å². The van der Waals surface area contributed by atoms with Crippen molar-refractivity contribution < 1.29 is 13.2 Å². The van der Waals surface area contributed by atoms with Crippen LogP contribution in [-0.2, 0) is 12.7 Å². The van der Waals surface area contributed by atoms with Gasteiger partial charge < -0.3 is 10.3 Å². The van der Waals surface area contributed by atoms with E-state index in [-0.39, 0.29) is 12.0 Å². The minimum atomic E-state index is -4.30. The number of fused-ring (bicyclic) bond motifs is 1. The van der Waals surface area contributed by atoms with Crippen molar-refractivity contribution >= 4 is 11.0 Å².